The Labute approximate surface area is 170 Å². The molecule has 0 aliphatic rings. The molecule has 0 aliphatic heterocycles. The molecule has 2 aromatic carbocycles. The Bertz CT molecular complexity index is 1270. The van der Waals surface area contributed by atoms with Gasteiger partial charge in [-0.15, -0.1) is 5.10 Å². The van der Waals surface area contributed by atoms with E-state index >= 15 is 0 Å². The summed E-state index contributed by atoms with van der Waals surface area (Å²) in [4.78, 5) is 3.77. The van der Waals surface area contributed by atoms with E-state index in [1.165, 1.54) is 6.20 Å². The third-order valence-corrected chi connectivity index (χ3v) is 4.94. The number of benzene rings is 2. The minimum atomic E-state index is -4.68. The van der Waals surface area contributed by atoms with Crippen molar-refractivity contribution in [3.8, 4) is 22.3 Å². The van der Waals surface area contributed by atoms with Crippen LogP contribution < -0.4 is 0 Å². The second-order valence-corrected chi connectivity index (χ2v) is 7.11. The average molecular weight is 411 g/mol. The van der Waals surface area contributed by atoms with Gasteiger partial charge in [-0.25, -0.2) is 13.9 Å². The Kier molecular flexibility index (Phi) is 4.68. The van der Waals surface area contributed by atoms with Crippen molar-refractivity contribution in [1.82, 2.24) is 14.6 Å². The van der Waals surface area contributed by atoms with Crippen LogP contribution in [0.5, 0.6) is 0 Å². The van der Waals surface area contributed by atoms with E-state index in [0.717, 1.165) is 15.6 Å². The molecule has 4 rings (SSSR count). The van der Waals surface area contributed by atoms with E-state index in [9.17, 15) is 17.6 Å². The van der Waals surface area contributed by atoms with Crippen LogP contribution in [0.2, 0.25) is 0 Å². The van der Waals surface area contributed by atoms with Crippen molar-refractivity contribution in [3.63, 3.8) is 0 Å². The van der Waals surface area contributed by atoms with Gasteiger partial charge in [0.2, 0.25) is 0 Å². The summed E-state index contributed by atoms with van der Waals surface area (Å²) in [7, 11) is 0. The number of nitrogens with zero attached hydrogens (tertiary/aromatic N) is 3. The minimum Gasteiger partial charge on any atom is -0.220 e. The Hall–Kier alpha value is -3.48. The predicted octanol–water partition coefficient (Wildman–Crippen LogP) is 6.64. The summed E-state index contributed by atoms with van der Waals surface area (Å²) in [6.45, 7) is 7.05. The first kappa shape index (κ1) is 19.8. The summed E-state index contributed by atoms with van der Waals surface area (Å²) in [5, 5.41) is 3.58. The summed E-state index contributed by atoms with van der Waals surface area (Å²) in [5.41, 5.74) is 4.49. The molecule has 0 radical (unpaired) electrons. The molecule has 2 aromatic heterocycles. The number of aromatic nitrogens is 3. The fourth-order valence-electron chi connectivity index (χ4n) is 3.39. The van der Waals surface area contributed by atoms with E-state index in [-0.39, 0.29) is 5.65 Å². The van der Waals surface area contributed by atoms with Gasteiger partial charge in [-0.3, -0.25) is 0 Å². The van der Waals surface area contributed by atoms with E-state index in [1.807, 2.05) is 31.2 Å². The van der Waals surface area contributed by atoms with Crippen LogP contribution in [0.4, 0.5) is 17.6 Å². The summed E-state index contributed by atoms with van der Waals surface area (Å²) in [6.07, 6.45) is -3.24. The van der Waals surface area contributed by atoms with E-state index in [2.05, 4.69) is 16.7 Å². The van der Waals surface area contributed by atoms with Crippen molar-refractivity contribution >= 4 is 11.5 Å². The molecule has 30 heavy (non-hydrogen) atoms. The zero-order valence-corrected chi connectivity index (χ0v) is 16.3. The van der Waals surface area contributed by atoms with E-state index in [1.54, 1.807) is 31.2 Å². The van der Waals surface area contributed by atoms with Gasteiger partial charge in [0.15, 0.2) is 5.65 Å². The molecule has 0 aliphatic carbocycles. The molecule has 0 fully saturated rings. The summed E-state index contributed by atoms with van der Waals surface area (Å²) in [6, 6.07) is 14.3. The quantitative estimate of drug-likeness (QED) is 0.354. The number of halogens is 4. The molecule has 0 amide bonds. The van der Waals surface area contributed by atoms with E-state index in [4.69, 9.17) is 0 Å². The fourth-order valence-corrected chi connectivity index (χ4v) is 3.39. The molecular weight excluding hydrogens is 394 g/mol. The Morgan fingerprint density at radius 1 is 0.967 bits per heavy atom. The van der Waals surface area contributed by atoms with E-state index < -0.39 is 17.8 Å². The zero-order valence-electron chi connectivity index (χ0n) is 16.3. The molecule has 0 N–H and O–H groups in total. The normalized spacial score (nSPS) is 11.8. The second kappa shape index (κ2) is 7.09. The molecule has 0 saturated heterocycles. The number of hydrogen-bond acceptors (Lipinski definition) is 2. The van der Waals surface area contributed by atoms with Gasteiger partial charge < -0.3 is 0 Å². The monoisotopic (exact) mass is 411 g/mol. The van der Waals surface area contributed by atoms with Crippen molar-refractivity contribution in [2.45, 2.75) is 20.0 Å². The first-order valence-electron chi connectivity index (χ1n) is 9.14. The predicted molar refractivity (Wildman–Crippen MR) is 108 cm³/mol. The highest BCUT2D eigenvalue weighted by atomic mass is 19.4. The van der Waals surface area contributed by atoms with Crippen molar-refractivity contribution in [3.05, 3.63) is 83.8 Å². The highest BCUT2D eigenvalue weighted by Gasteiger charge is 2.36. The van der Waals surface area contributed by atoms with Gasteiger partial charge in [0.05, 0.1) is 0 Å². The largest absolute Gasteiger partial charge is 0.453 e. The third kappa shape index (κ3) is 3.47. The lowest BCUT2D eigenvalue weighted by atomic mass is 9.93. The second-order valence-electron chi connectivity index (χ2n) is 7.11. The molecular formula is C23H17F4N3. The minimum absolute atomic E-state index is 0.0414. The molecule has 2 heterocycles. The topological polar surface area (TPSA) is 30.2 Å². The molecule has 3 nitrogen and oxygen atoms in total. The lowest BCUT2D eigenvalue weighted by molar-refractivity contribution is -0.144. The Morgan fingerprint density at radius 3 is 2.27 bits per heavy atom. The maximum absolute atomic E-state index is 14.0. The number of aryl methyl sites for hydroxylation is 2. The van der Waals surface area contributed by atoms with Crippen LogP contribution in [-0.2, 0) is 6.18 Å². The van der Waals surface area contributed by atoms with Crippen LogP contribution in [0.3, 0.4) is 0 Å². The van der Waals surface area contributed by atoms with Gasteiger partial charge in [0, 0.05) is 17.3 Å². The molecule has 7 heteroatoms. The van der Waals surface area contributed by atoms with Crippen LogP contribution in [0.1, 0.15) is 22.5 Å². The number of fused-ring (bicyclic) bond motifs is 1. The smallest absolute Gasteiger partial charge is 0.220 e. The molecule has 152 valence electrons. The highest BCUT2D eigenvalue weighted by molar-refractivity contribution is 5.92. The summed E-state index contributed by atoms with van der Waals surface area (Å²) in [5.74, 6) is -1.84. The van der Waals surface area contributed by atoms with Crippen molar-refractivity contribution in [1.29, 1.82) is 0 Å². The summed E-state index contributed by atoms with van der Waals surface area (Å²) >= 11 is 0. The number of rotatable bonds is 3. The molecule has 4 aromatic rings. The summed E-state index contributed by atoms with van der Waals surface area (Å²) < 4.78 is 54.8. The fraction of sp³-hybridized carbons (Fsp3) is 0.130. The van der Waals surface area contributed by atoms with Gasteiger partial charge in [0.25, 0.3) is 5.82 Å². The number of alkyl halides is 3. The molecule has 0 atom stereocenters. The average Bonchev–Trinajstić information content (AvgIpc) is 3.13. The number of hydrogen-bond donors (Lipinski definition) is 0. The van der Waals surface area contributed by atoms with Crippen molar-refractivity contribution in [2.24, 2.45) is 0 Å². The van der Waals surface area contributed by atoms with Crippen LogP contribution in [0.15, 0.2) is 61.3 Å². The first-order valence-corrected chi connectivity index (χ1v) is 9.14. The van der Waals surface area contributed by atoms with Crippen LogP contribution in [-0.4, -0.2) is 14.6 Å². The first-order chi connectivity index (χ1) is 14.1. The zero-order chi connectivity index (χ0) is 21.6. The lowest BCUT2D eigenvalue weighted by Gasteiger charge is -2.13. The molecule has 0 saturated carbocycles. The van der Waals surface area contributed by atoms with Crippen molar-refractivity contribution < 1.29 is 17.6 Å². The molecule has 0 bridgehead atoms. The van der Waals surface area contributed by atoms with Crippen LogP contribution in [0.25, 0.3) is 33.7 Å². The van der Waals surface area contributed by atoms with E-state index in [0.29, 0.717) is 27.8 Å². The maximum atomic E-state index is 14.0. The van der Waals surface area contributed by atoms with Gasteiger partial charge >= 0.3 is 6.18 Å². The van der Waals surface area contributed by atoms with Crippen molar-refractivity contribution in [2.75, 3.05) is 0 Å². The highest BCUT2D eigenvalue weighted by Crippen LogP contribution is 2.38. The Morgan fingerprint density at radius 2 is 1.63 bits per heavy atom. The lowest BCUT2D eigenvalue weighted by Crippen LogP contribution is -2.07. The van der Waals surface area contributed by atoms with Gasteiger partial charge in [-0.2, -0.15) is 13.2 Å². The molecule has 0 spiro atoms. The van der Waals surface area contributed by atoms with Gasteiger partial charge in [-0.05, 0) is 48.2 Å². The van der Waals surface area contributed by atoms with Crippen LogP contribution in [0, 0.1) is 13.8 Å². The maximum Gasteiger partial charge on any atom is 0.453 e. The standard InChI is InChI=1S/C23H17F4N3/c1-13-4-7-16(8-5-13)18-10-11-30-21(28-22(29-30)23(25,26)27)20(18)17-9-6-14(2)19(12-17)15(3)24/h4-12H,3H2,1-2H3. The van der Waals surface area contributed by atoms with Gasteiger partial charge in [0.1, 0.15) is 5.83 Å². The molecule has 0 unspecified atom stereocenters. The third-order valence-electron chi connectivity index (χ3n) is 4.94. The Balaban J connectivity index is 2.06. The number of pyridine rings is 1. The van der Waals surface area contributed by atoms with Gasteiger partial charge in [-0.1, -0.05) is 48.5 Å². The SMILES string of the molecule is C=C(F)c1cc(-c2c(-c3ccc(C)cc3)ccn3nc(C(F)(F)F)nc23)ccc1C. The van der Waals surface area contributed by atoms with Crippen LogP contribution >= 0.6 is 0 Å².